The maximum Gasteiger partial charge on any atom is 0.0283 e. The van der Waals surface area contributed by atoms with Crippen LogP contribution in [0.4, 0.5) is 0 Å². The molecule has 1 aromatic heterocycles. The number of hydrogen-bond donors (Lipinski definition) is 0. The third kappa shape index (κ3) is 3.30. The summed E-state index contributed by atoms with van der Waals surface area (Å²) < 4.78 is 0. The van der Waals surface area contributed by atoms with E-state index >= 15 is 0 Å². The van der Waals surface area contributed by atoms with Crippen molar-refractivity contribution < 1.29 is 0 Å². The number of nitrogens with zero attached hydrogens (tertiary/aromatic N) is 2. The fraction of sp³-hybridized carbons (Fsp3) is 0.111. The lowest BCUT2D eigenvalue weighted by Crippen LogP contribution is -1.66. The van der Waals surface area contributed by atoms with Gasteiger partial charge in [0.05, 0.1) is 0 Å². The normalized spacial score (nSPS) is 8.45. The Hall–Kier alpha value is -1.44. The van der Waals surface area contributed by atoms with E-state index in [1.54, 1.807) is 30.9 Å². The number of aryl methyl sites for hydroxylation is 1. The van der Waals surface area contributed by atoms with Gasteiger partial charge in [0, 0.05) is 24.8 Å². The molecule has 2 nitrogen and oxygen atoms in total. The van der Waals surface area contributed by atoms with Crippen LogP contribution in [0.3, 0.4) is 0 Å². The molecule has 0 aliphatic heterocycles. The van der Waals surface area contributed by atoms with Crippen molar-refractivity contribution in [3.05, 3.63) is 48.5 Å². The summed E-state index contributed by atoms with van der Waals surface area (Å²) in [6.45, 7) is 2.00. The monoisotopic (exact) mass is 146 g/mol. The van der Waals surface area contributed by atoms with Gasteiger partial charge in [-0.05, 0) is 30.7 Å². The topological polar surface area (TPSA) is 25.8 Å². The second-order valence-electron chi connectivity index (χ2n) is 2.16. The molecule has 2 heteroatoms. The van der Waals surface area contributed by atoms with Crippen LogP contribution in [0.2, 0.25) is 0 Å². The predicted octanol–water partition coefficient (Wildman–Crippen LogP) is 1.91. The molecule has 0 radical (unpaired) electrons. The molecule has 0 fully saturated rings. The highest BCUT2D eigenvalue weighted by Crippen LogP contribution is 1.86. The Bertz CT molecular complexity index is 245. The van der Waals surface area contributed by atoms with Crippen LogP contribution < -0.4 is 0 Å². The van der Waals surface area contributed by atoms with Gasteiger partial charge in [-0.15, -0.1) is 0 Å². The first-order valence-corrected chi connectivity index (χ1v) is 3.44. The van der Waals surface area contributed by atoms with E-state index in [0.717, 1.165) is 5.56 Å². The Labute approximate surface area is 66.3 Å². The summed E-state index contributed by atoms with van der Waals surface area (Å²) in [6.07, 6.45) is 6.92. The SMILES string of the molecule is Cc1ccncccncc1. The van der Waals surface area contributed by atoms with Crippen molar-refractivity contribution in [2.75, 3.05) is 0 Å². The largest absolute Gasteiger partial charge is 0.265 e. The van der Waals surface area contributed by atoms with Crippen LogP contribution in [-0.4, -0.2) is 9.97 Å². The Morgan fingerprint density at radius 2 is 1.45 bits per heavy atom. The van der Waals surface area contributed by atoms with Crippen LogP contribution >= 0.6 is 0 Å². The summed E-state index contributed by atoms with van der Waals surface area (Å²) >= 11 is 0. The van der Waals surface area contributed by atoms with Gasteiger partial charge in [-0.25, -0.2) is 0 Å². The van der Waals surface area contributed by atoms with Gasteiger partial charge in [-0.2, -0.15) is 0 Å². The van der Waals surface area contributed by atoms with Gasteiger partial charge in [-0.3, -0.25) is 9.97 Å². The predicted molar refractivity (Wildman–Crippen MR) is 44.4 cm³/mol. The molecule has 0 bridgehead atoms. The van der Waals surface area contributed by atoms with Crippen LogP contribution in [0.15, 0.2) is 43.0 Å². The molecule has 0 N–H and O–H groups in total. The van der Waals surface area contributed by atoms with E-state index in [2.05, 4.69) is 9.97 Å². The molecule has 0 saturated carbocycles. The van der Waals surface area contributed by atoms with Crippen molar-refractivity contribution in [3.63, 3.8) is 0 Å². The zero-order valence-electron chi connectivity index (χ0n) is 6.44. The number of hydrogen-bond acceptors (Lipinski definition) is 2. The average Bonchev–Trinajstić information content (AvgIpc) is 2.03. The molecule has 0 aromatic carbocycles. The Balaban J connectivity index is 3.11. The van der Waals surface area contributed by atoms with Gasteiger partial charge >= 0.3 is 0 Å². The fourth-order valence-corrected chi connectivity index (χ4v) is 0.614. The molecule has 1 heterocycles. The number of aromatic nitrogens is 2. The smallest absolute Gasteiger partial charge is 0.0283 e. The molecule has 0 atom stereocenters. The fourth-order valence-electron chi connectivity index (χ4n) is 0.614. The minimum atomic E-state index is 1.14. The van der Waals surface area contributed by atoms with Crippen molar-refractivity contribution in [3.8, 4) is 0 Å². The van der Waals surface area contributed by atoms with Gasteiger partial charge in [0.1, 0.15) is 0 Å². The summed E-state index contributed by atoms with van der Waals surface area (Å²) in [7, 11) is 0. The molecule has 0 saturated heterocycles. The molecular formula is C9H10N2. The third-order valence-electron chi connectivity index (χ3n) is 1.19. The van der Waals surface area contributed by atoms with Crippen molar-refractivity contribution in [2.45, 2.75) is 6.92 Å². The maximum atomic E-state index is 3.98. The molecular weight excluding hydrogens is 136 g/mol. The summed E-state index contributed by atoms with van der Waals surface area (Å²) in [6, 6.07) is 5.65. The molecule has 0 unspecified atom stereocenters. The van der Waals surface area contributed by atoms with Crippen molar-refractivity contribution in [2.24, 2.45) is 0 Å². The second kappa shape index (κ2) is 4.39. The van der Waals surface area contributed by atoms with Crippen molar-refractivity contribution >= 4 is 0 Å². The minimum absolute atomic E-state index is 1.14. The first-order chi connectivity index (χ1) is 5.39. The Morgan fingerprint density at radius 3 is 2.00 bits per heavy atom. The van der Waals surface area contributed by atoms with E-state index in [4.69, 9.17) is 0 Å². The molecule has 0 spiro atoms. The maximum absolute atomic E-state index is 3.98. The lowest BCUT2D eigenvalue weighted by atomic mass is 10.3. The van der Waals surface area contributed by atoms with Crippen molar-refractivity contribution in [1.29, 1.82) is 0 Å². The summed E-state index contributed by atoms with van der Waals surface area (Å²) in [4.78, 5) is 7.95. The molecule has 0 amide bonds. The van der Waals surface area contributed by atoms with E-state index in [1.165, 1.54) is 0 Å². The Morgan fingerprint density at radius 1 is 0.909 bits per heavy atom. The standard InChI is InChI=1S/C9H10N2/c1-9-3-7-10-5-2-6-11-8-4-9/h2-8H,1H3. The van der Waals surface area contributed by atoms with E-state index < -0.39 is 0 Å². The highest BCUT2D eigenvalue weighted by Gasteiger charge is 1.70. The van der Waals surface area contributed by atoms with Crippen LogP contribution in [0.1, 0.15) is 5.56 Å². The molecule has 56 valence electrons. The van der Waals surface area contributed by atoms with E-state index in [9.17, 15) is 0 Å². The lowest BCUT2D eigenvalue weighted by molar-refractivity contribution is 1.28. The van der Waals surface area contributed by atoms with Crippen LogP contribution in [0.25, 0.3) is 0 Å². The molecule has 0 aliphatic rings. The minimum Gasteiger partial charge on any atom is -0.265 e. The highest BCUT2D eigenvalue weighted by atomic mass is 14.6. The Kier molecular flexibility index (Phi) is 3.06. The first kappa shape index (κ1) is 7.66. The van der Waals surface area contributed by atoms with E-state index in [-0.39, 0.29) is 0 Å². The van der Waals surface area contributed by atoms with E-state index in [1.807, 2.05) is 19.1 Å². The third-order valence-corrected chi connectivity index (χ3v) is 1.19. The van der Waals surface area contributed by atoms with Crippen LogP contribution in [-0.2, 0) is 0 Å². The van der Waals surface area contributed by atoms with Gasteiger partial charge in [0.15, 0.2) is 0 Å². The van der Waals surface area contributed by atoms with Gasteiger partial charge in [0.2, 0.25) is 0 Å². The zero-order chi connectivity index (χ0) is 7.94. The average molecular weight is 146 g/mol. The van der Waals surface area contributed by atoms with Gasteiger partial charge < -0.3 is 0 Å². The summed E-state index contributed by atoms with van der Waals surface area (Å²) in [5.74, 6) is 0. The van der Waals surface area contributed by atoms with E-state index in [0.29, 0.717) is 0 Å². The molecule has 1 rings (SSSR count). The van der Waals surface area contributed by atoms with Crippen molar-refractivity contribution in [1.82, 2.24) is 9.97 Å². The molecule has 0 aliphatic carbocycles. The molecule has 1 aromatic rings. The quantitative estimate of drug-likeness (QED) is 0.558. The second-order valence-corrected chi connectivity index (χ2v) is 2.16. The number of rotatable bonds is 0. The zero-order valence-corrected chi connectivity index (χ0v) is 6.44. The summed E-state index contributed by atoms with van der Waals surface area (Å²) in [5.41, 5.74) is 1.14. The van der Waals surface area contributed by atoms with Gasteiger partial charge in [-0.1, -0.05) is 0 Å². The van der Waals surface area contributed by atoms with Crippen LogP contribution in [0, 0.1) is 6.92 Å². The van der Waals surface area contributed by atoms with Gasteiger partial charge in [0.25, 0.3) is 0 Å². The molecule has 11 heavy (non-hydrogen) atoms. The summed E-state index contributed by atoms with van der Waals surface area (Å²) in [5, 5.41) is 0. The van der Waals surface area contributed by atoms with Crippen LogP contribution in [0.5, 0.6) is 0 Å². The first-order valence-electron chi connectivity index (χ1n) is 3.44. The highest BCUT2D eigenvalue weighted by molar-refractivity contribution is 5.03. The lowest BCUT2D eigenvalue weighted by Gasteiger charge is -1.79.